The maximum Gasteiger partial charge on any atom is 0.142 e. The minimum absolute atomic E-state index is 0.140. The summed E-state index contributed by atoms with van der Waals surface area (Å²) in [6, 6.07) is 14.9. The number of aliphatic hydroxyl groups is 1. The molecule has 0 saturated carbocycles. The monoisotopic (exact) mass is 307 g/mol. The molecule has 1 unspecified atom stereocenters. The second-order valence-corrected chi connectivity index (χ2v) is 5.41. The fourth-order valence-corrected chi connectivity index (χ4v) is 2.43. The van der Waals surface area contributed by atoms with Gasteiger partial charge in [0, 0.05) is 19.7 Å². The van der Waals surface area contributed by atoms with Crippen LogP contribution in [0.15, 0.2) is 48.5 Å². The van der Waals surface area contributed by atoms with E-state index in [9.17, 15) is 9.50 Å². The lowest BCUT2D eigenvalue weighted by Gasteiger charge is -2.17. The zero-order valence-electron chi connectivity index (χ0n) is 11.7. The highest BCUT2D eigenvalue weighted by molar-refractivity contribution is 6.30. The molecule has 112 valence electrons. The number of nitrogens with one attached hydrogen (secondary N) is 1. The zero-order chi connectivity index (χ0) is 15.1. The van der Waals surface area contributed by atoms with Gasteiger partial charge >= 0.3 is 0 Å². The van der Waals surface area contributed by atoms with Crippen LogP contribution in [0.5, 0.6) is 0 Å². The SMILES string of the molecule is OCCC(CNCc1ccc(Cl)c(F)c1)c1ccccc1. The zero-order valence-corrected chi connectivity index (χ0v) is 12.5. The average Bonchev–Trinajstić information content (AvgIpc) is 2.51. The maximum atomic E-state index is 13.4. The first-order valence-electron chi connectivity index (χ1n) is 7.01. The van der Waals surface area contributed by atoms with Crippen LogP contribution in [0.2, 0.25) is 5.02 Å². The Morgan fingerprint density at radius 2 is 1.90 bits per heavy atom. The number of benzene rings is 2. The van der Waals surface area contributed by atoms with Gasteiger partial charge in [-0.05, 0) is 35.6 Å². The van der Waals surface area contributed by atoms with E-state index >= 15 is 0 Å². The van der Waals surface area contributed by atoms with Gasteiger partial charge in [0.1, 0.15) is 5.82 Å². The Hall–Kier alpha value is -1.42. The van der Waals surface area contributed by atoms with Gasteiger partial charge in [-0.2, -0.15) is 0 Å². The molecule has 0 bridgehead atoms. The summed E-state index contributed by atoms with van der Waals surface area (Å²) in [5, 5.41) is 12.6. The summed E-state index contributed by atoms with van der Waals surface area (Å²) in [6.45, 7) is 1.45. The second kappa shape index (κ2) is 8.13. The third-order valence-electron chi connectivity index (χ3n) is 3.45. The quantitative estimate of drug-likeness (QED) is 0.817. The van der Waals surface area contributed by atoms with Crippen molar-refractivity contribution in [1.29, 1.82) is 0 Å². The van der Waals surface area contributed by atoms with Gasteiger partial charge < -0.3 is 10.4 Å². The Morgan fingerprint density at radius 1 is 1.14 bits per heavy atom. The van der Waals surface area contributed by atoms with E-state index < -0.39 is 5.82 Å². The molecule has 2 rings (SSSR count). The molecule has 2 aromatic carbocycles. The molecule has 0 fully saturated rings. The highest BCUT2D eigenvalue weighted by atomic mass is 35.5. The van der Waals surface area contributed by atoms with E-state index in [2.05, 4.69) is 17.4 Å². The van der Waals surface area contributed by atoms with Crippen LogP contribution in [-0.4, -0.2) is 18.3 Å². The van der Waals surface area contributed by atoms with Crippen molar-refractivity contribution in [3.8, 4) is 0 Å². The van der Waals surface area contributed by atoms with E-state index in [1.54, 1.807) is 6.07 Å². The van der Waals surface area contributed by atoms with Crippen LogP contribution in [0.3, 0.4) is 0 Å². The normalized spacial score (nSPS) is 12.3. The van der Waals surface area contributed by atoms with Crippen molar-refractivity contribution in [2.24, 2.45) is 0 Å². The summed E-state index contributed by atoms with van der Waals surface area (Å²) >= 11 is 5.66. The Labute approximate surface area is 129 Å². The molecule has 0 aromatic heterocycles. The maximum absolute atomic E-state index is 13.4. The fourth-order valence-electron chi connectivity index (χ4n) is 2.31. The molecular weight excluding hydrogens is 289 g/mol. The Balaban J connectivity index is 1.91. The van der Waals surface area contributed by atoms with Gasteiger partial charge in [-0.3, -0.25) is 0 Å². The third-order valence-corrected chi connectivity index (χ3v) is 3.76. The molecule has 0 spiro atoms. The van der Waals surface area contributed by atoms with E-state index in [4.69, 9.17) is 11.6 Å². The van der Waals surface area contributed by atoms with Crippen LogP contribution in [0, 0.1) is 5.82 Å². The fraction of sp³-hybridized carbons (Fsp3) is 0.294. The molecule has 1 atom stereocenters. The first-order valence-corrected chi connectivity index (χ1v) is 7.39. The van der Waals surface area contributed by atoms with Crippen molar-refractivity contribution in [2.45, 2.75) is 18.9 Å². The van der Waals surface area contributed by atoms with Gasteiger partial charge in [-0.15, -0.1) is 0 Å². The van der Waals surface area contributed by atoms with Crippen LogP contribution in [0.4, 0.5) is 4.39 Å². The predicted molar refractivity (Wildman–Crippen MR) is 84.0 cm³/mol. The third kappa shape index (κ3) is 4.81. The molecule has 2 nitrogen and oxygen atoms in total. The topological polar surface area (TPSA) is 32.3 Å². The lowest BCUT2D eigenvalue weighted by Crippen LogP contribution is -2.22. The predicted octanol–water partition coefficient (Wildman–Crippen LogP) is 3.73. The highest BCUT2D eigenvalue weighted by Gasteiger charge is 2.10. The number of rotatable bonds is 7. The molecule has 0 aliphatic heterocycles. The van der Waals surface area contributed by atoms with Crippen molar-refractivity contribution in [3.63, 3.8) is 0 Å². The first kappa shape index (κ1) is 16.0. The van der Waals surface area contributed by atoms with Crippen LogP contribution >= 0.6 is 11.6 Å². The summed E-state index contributed by atoms with van der Waals surface area (Å²) in [4.78, 5) is 0. The summed E-state index contributed by atoms with van der Waals surface area (Å²) in [7, 11) is 0. The number of aliphatic hydroxyl groups excluding tert-OH is 1. The molecular formula is C17H19ClFNO. The van der Waals surface area contributed by atoms with Gasteiger partial charge in [-0.25, -0.2) is 4.39 Å². The first-order chi connectivity index (χ1) is 10.2. The van der Waals surface area contributed by atoms with E-state index in [0.717, 1.165) is 12.1 Å². The number of halogens is 2. The van der Waals surface area contributed by atoms with Crippen LogP contribution < -0.4 is 5.32 Å². The van der Waals surface area contributed by atoms with Gasteiger partial charge in [0.2, 0.25) is 0 Å². The summed E-state index contributed by atoms with van der Waals surface area (Å²) in [5.74, 6) is -0.153. The summed E-state index contributed by atoms with van der Waals surface area (Å²) < 4.78 is 13.4. The molecule has 2 N–H and O–H groups in total. The summed E-state index contributed by atoms with van der Waals surface area (Å²) in [6.07, 6.45) is 0.700. The molecule has 0 amide bonds. The van der Waals surface area contributed by atoms with Crippen molar-refractivity contribution in [1.82, 2.24) is 5.32 Å². The van der Waals surface area contributed by atoms with Crippen molar-refractivity contribution >= 4 is 11.6 Å². The van der Waals surface area contributed by atoms with E-state index in [0.29, 0.717) is 13.0 Å². The molecule has 21 heavy (non-hydrogen) atoms. The smallest absolute Gasteiger partial charge is 0.142 e. The average molecular weight is 308 g/mol. The van der Waals surface area contributed by atoms with Gasteiger partial charge in [-0.1, -0.05) is 48.0 Å². The Morgan fingerprint density at radius 3 is 2.57 bits per heavy atom. The molecule has 0 radical (unpaired) electrons. The minimum Gasteiger partial charge on any atom is -0.396 e. The van der Waals surface area contributed by atoms with Gasteiger partial charge in [0.05, 0.1) is 5.02 Å². The van der Waals surface area contributed by atoms with Crippen molar-refractivity contribution in [2.75, 3.05) is 13.2 Å². The number of hydrogen-bond donors (Lipinski definition) is 2. The molecule has 0 aliphatic carbocycles. The Bertz CT molecular complexity index is 562. The molecule has 0 heterocycles. The molecule has 2 aromatic rings. The molecule has 0 saturated heterocycles. The van der Waals surface area contributed by atoms with Crippen LogP contribution in [-0.2, 0) is 6.54 Å². The lowest BCUT2D eigenvalue weighted by molar-refractivity contribution is 0.273. The van der Waals surface area contributed by atoms with Crippen LogP contribution in [0.1, 0.15) is 23.5 Å². The van der Waals surface area contributed by atoms with E-state index in [-0.39, 0.29) is 17.5 Å². The lowest BCUT2D eigenvalue weighted by atomic mass is 9.96. The minimum atomic E-state index is -0.397. The van der Waals surface area contributed by atoms with Gasteiger partial charge in [0.25, 0.3) is 0 Å². The van der Waals surface area contributed by atoms with E-state index in [1.165, 1.54) is 11.6 Å². The van der Waals surface area contributed by atoms with Crippen molar-refractivity contribution in [3.05, 3.63) is 70.5 Å². The van der Waals surface area contributed by atoms with Crippen molar-refractivity contribution < 1.29 is 9.50 Å². The highest BCUT2D eigenvalue weighted by Crippen LogP contribution is 2.19. The standard InChI is InChI=1S/C17H19ClFNO/c18-16-7-6-13(10-17(16)19)11-20-12-15(8-9-21)14-4-2-1-3-5-14/h1-7,10,15,20-21H,8-9,11-12H2. The molecule has 4 heteroatoms. The second-order valence-electron chi connectivity index (χ2n) is 5.00. The number of hydrogen-bond acceptors (Lipinski definition) is 2. The molecule has 0 aliphatic rings. The van der Waals surface area contributed by atoms with Gasteiger partial charge in [0.15, 0.2) is 0 Å². The largest absolute Gasteiger partial charge is 0.396 e. The Kier molecular flexibility index (Phi) is 6.18. The summed E-state index contributed by atoms with van der Waals surface area (Å²) in [5.41, 5.74) is 2.05. The van der Waals surface area contributed by atoms with E-state index in [1.807, 2.05) is 24.3 Å². The van der Waals surface area contributed by atoms with Crippen LogP contribution in [0.25, 0.3) is 0 Å².